The van der Waals surface area contributed by atoms with E-state index in [0.717, 1.165) is 21.5 Å². The largest absolute Gasteiger partial charge is 0.497 e. The van der Waals surface area contributed by atoms with Gasteiger partial charge in [-0.1, -0.05) is 12.1 Å². The first-order chi connectivity index (χ1) is 8.74. The highest BCUT2D eigenvalue weighted by Gasteiger charge is 2.14. The Hall–Kier alpha value is -1.43. The quantitative estimate of drug-likeness (QED) is 0.672. The predicted octanol–water partition coefficient (Wildman–Crippen LogP) is 2.41. The van der Waals surface area contributed by atoms with Gasteiger partial charge >= 0.3 is 0 Å². The van der Waals surface area contributed by atoms with Crippen LogP contribution >= 0.6 is 15.9 Å². The molecule has 0 radical (unpaired) electrons. The van der Waals surface area contributed by atoms with Gasteiger partial charge < -0.3 is 4.74 Å². The van der Waals surface area contributed by atoms with Crippen molar-refractivity contribution in [3.05, 3.63) is 58.3 Å². The van der Waals surface area contributed by atoms with Gasteiger partial charge in [0.1, 0.15) is 5.75 Å². The third-order valence-corrected chi connectivity index (χ3v) is 3.11. The first kappa shape index (κ1) is 13.0. The number of pyridine rings is 1. The molecule has 1 atom stereocenters. The number of benzene rings is 1. The maximum atomic E-state index is 5.62. The highest BCUT2D eigenvalue weighted by molar-refractivity contribution is 9.10. The first-order valence-electron chi connectivity index (χ1n) is 5.46. The maximum absolute atomic E-state index is 5.62. The summed E-state index contributed by atoms with van der Waals surface area (Å²) in [6.07, 6.45) is 1.75. The average molecular weight is 308 g/mol. The van der Waals surface area contributed by atoms with E-state index in [0.29, 0.717) is 0 Å². The van der Waals surface area contributed by atoms with Crippen molar-refractivity contribution in [3.63, 3.8) is 0 Å². The monoisotopic (exact) mass is 307 g/mol. The summed E-state index contributed by atoms with van der Waals surface area (Å²) in [6.45, 7) is 0. The van der Waals surface area contributed by atoms with Gasteiger partial charge in [-0.2, -0.15) is 0 Å². The van der Waals surface area contributed by atoms with Crippen LogP contribution in [-0.2, 0) is 0 Å². The molecule has 4 nitrogen and oxygen atoms in total. The van der Waals surface area contributed by atoms with Crippen molar-refractivity contribution < 1.29 is 4.74 Å². The fourth-order valence-electron chi connectivity index (χ4n) is 1.73. The van der Waals surface area contributed by atoms with Crippen molar-refractivity contribution in [2.45, 2.75) is 6.04 Å². The van der Waals surface area contributed by atoms with Crippen LogP contribution in [0.15, 0.2) is 47.1 Å². The number of hydrazine groups is 1. The second-order valence-corrected chi connectivity index (χ2v) is 4.69. The van der Waals surface area contributed by atoms with Gasteiger partial charge in [-0.3, -0.25) is 10.8 Å². The fourth-order valence-corrected chi connectivity index (χ4v) is 1.97. The van der Waals surface area contributed by atoms with E-state index in [-0.39, 0.29) is 6.04 Å². The van der Waals surface area contributed by atoms with Gasteiger partial charge in [-0.25, -0.2) is 5.43 Å². The minimum atomic E-state index is -0.159. The van der Waals surface area contributed by atoms with Crippen molar-refractivity contribution in [1.82, 2.24) is 10.4 Å². The number of halogens is 1. The summed E-state index contributed by atoms with van der Waals surface area (Å²) in [6, 6.07) is 11.4. The van der Waals surface area contributed by atoms with Crippen molar-refractivity contribution in [1.29, 1.82) is 0 Å². The lowest BCUT2D eigenvalue weighted by Crippen LogP contribution is -2.29. The van der Waals surface area contributed by atoms with Gasteiger partial charge in [-0.05, 0) is 45.8 Å². The van der Waals surface area contributed by atoms with E-state index in [1.165, 1.54) is 0 Å². The molecule has 2 rings (SSSR count). The van der Waals surface area contributed by atoms with Crippen LogP contribution in [0.25, 0.3) is 0 Å². The molecule has 1 heterocycles. The van der Waals surface area contributed by atoms with Crippen LogP contribution in [-0.4, -0.2) is 12.1 Å². The number of nitrogens with one attached hydrogen (secondary N) is 1. The van der Waals surface area contributed by atoms with E-state index < -0.39 is 0 Å². The molecular formula is C13H14BrN3O. The second kappa shape index (κ2) is 5.95. The van der Waals surface area contributed by atoms with E-state index >= 15 is 0 Å². The summed E-state index contributed by atoms with van der Waals surface area (Å²) in [5.41, 5.74) is 4.63. The Morgan fingerprint density at radius 3 is 2.78 bits per heavy atom. The zero-order chi connectivity index (χ0) is 13.0. The smallest absolute Gasteiger partial charge is 0.119 e. The molecule has 0 amide bonds. The summed E-state index contributed by atoms with van der Waals surface area (Å²) in [4.78, 5) is 4.35. The molecule has 0 aliphatic carbocycles. The van der Waals surface area contributed by atoms with Gasteiger partial charge in [0.15, 0.2) is 0 Å². The van der Waals surface area contributed by atoms with E-state index in [1.54, 1.807) is 13.3 Å². The van der Waals surface area contributed by atoms with Gasteiger partial charge in [0, 0.05) is 10.7 Å². The minimum absolute atomic E-state index is 0.159. The van der Waals surface area contributed by atoms with Gasteiger partial charge in [0.05, 0.1) is 18.8 Å². The van der Waals surface area contributed by atoms with E-state index in [9.17, 15) is 0 Å². The van der Waals surface area contributed by atoms with Crippen LogP contribution in [0.3, 0.4) is 0 Å². The van der Waals surface area contributed by atoms with Crippen LogP contribution in [0.5, 0.6) is 5.75 Å². The van der Waals surface area contributed by atoms with E-state index in [2.05, 4.69) is 26.3 Å². The second-order valence-electron chi connectivity index (χ2n) is 3.78. The van der Waals surface area contributed by atoms with Crippen LogP contribution in [0.2, 0.25) is 0 Å². The normalized spacial score (nSPS) is 12.2. The molecule has 0 saturated heterocycles. The molecule has 5 heteroatoms. The Labute approximate surface area is 114 Å². The summed E-state index contributed by atoms with van der Waals surface area (Å²) < 4.78 is 6.15. The van der Waals surface area contributed by atoms with Gasteiger partial charge in [-0.15, -0.1) is 0 Å². The fraction of sp³-hybridized carbons (Fsp3) is 0.154. The number of aromatic nitrogens is 1. The molecule has 0 aliphatic heterocycles. The molecule has 0 spiro atoms. The van der Waals surface area contributed by atoms with Crippen LogP contribution < -0.4 is 16.0 Å². The molecule has 0 aliphatic rings. The Balaban J connectivity index is 2.35. The van der Waals surface area contributed by atoms with E-state index in [1.807, 2.05) is 36.4 Å². The molecule has 0 saturated carbocycles. The first-order valence-corrected chi connectivity index (χ1v) is 6.25. The highest BCUT2D eigenvalue weighted by Crippen LogP contribution is 2.24. The van der Waals surface area contributed by atoms with Crippen LogP contribution in [0.1, 0.15) is 17.3 Å². The summed E-state index contributed by atoms with van der Waals surface area (Å²) >= 11 is 3.36. The van der Waals surface area contributed by atoms with Gasteiger partial charge in [0.25, 0.3) is 0 Å². The lowest BCUT2D eigenvalue weighted by atomic mass is 10.0. The number of methoxy groups -OCH3 is 1. The predicted molar refractivity (Wildman–Crippen MR) is 74.1 cm³/mol. The molecule has 1 unspecified atom stereocenters. The molecular weight excluding hydrogens is 294 g/mol. The Morgan fingerprint density at radius 1 is 1.33 bits per heavy atom. The Morgan fingerprint density at radius 2 is 2.17 bits per heavy atom. The molecule has 0 fully saturated rings. The van der Waals surface area contributed by atoms with Crippen molar-refractivity contribution >= 4 is 15.9 Å². The molecule has 94 valence electrons. The summed E-state index contributed by atoms with van der Waals surface area (Å²) in [7, 11) is 1.64. The third kappa shape index (κ3) is 2.87. The number of hydrogen-bond acceptors (Lipinski definition) is 4. The SMILES string of the molecule is COc1cccc(C(NN)c2ccc(Br)cn2)c1. The maximum Gasteiger partial charge on any atom is 0.119 e. The van der Waals surface area contributed by atoms with Gasteiger partial charge in [0.2, 0.25) is 0 Å². The lowest BCUT2D eigenvalue weighted by molar-refractivity contribution is 0.413. The zero-order valence-corrected chi connectivity index (χ0v) is 11.5. The zero-order valence-electron chi connectivity index (χ0n) is 9.93. The van der Waals surface area contributed by atoms with E-state index in [4.69, 9.17) is 10.6 Å². The van der Waals surface area contributed by atoms with Crippen molar-refractivity contribution in [3.8, 4) is 5.75 Å². The molecule has 3 N–H and O–H groups in total. The highest BCUT2D eigenvalue weighted by atomic mass is 79.9. The minimum Gasteiger partial charge on any atom is -0.497 e. The number of rotatable bonds is 4. The van der Waals surface area contributed by atoms with Crippen LogP contribution in [0.4, 0.5) is 0 Å². The Bertz CT molecular complexity index is 516. The lowest BCUT2D eigenvalue weighted by Gasteiger charge is -2.16. The molecule has 1 aromatic carbocycles. The number of nitrogens with two attached hydrogens (primary N) is 1. The average Bonchev–Trinajstić information content (AvgIpc) is 2.42. The summed E-state index contributed by atoms with van der Waals surface area (Å²) in [5.74, 6) is 6.42. The molecule has 1 aromatic heterocycles. The third-order valence-electron chi connectivity index (χ3n) is 2.64. The molecule has 2 aromatic rings. The van der Waals surface area contributed by atoms with Crippen LogP contribution in [0, 0.1) is 0 Å². The molecule has 18 heavy (non-hydrogen) atoms. The molecule has 0 bridgehead atoms. The number of nitrogens with zero attached hydrogens (tertiary/aromatic N) is 1. The standard InChI is InChI=1S/C13H14BrN3O/c1-18-11-4-2-3-9(7-11)13(17-15)12-6-5-10(14)8-16-12/h2-8,13,17H,15H2,1H3. The number of ether oxygens (including phenoxy) is 1. The summed E-state index contributed by atoms with van der Waals surface area (Å²) in [5, 5.41) is 0. The Kier molecular flexibility index (Phi) is 4.30. The topological polar surface area (TPSA) is 60.2 Å². The number of hydrogen-bond donors (Lipinski definition) is 2. The van der Waals surface area contributed by atoms with Crippen molar-refractivity contribution in [2.24, 2.45) is 5.84 Å². The van der Waals surface area contributed by atoms with Crippen molar-refractivity contribution in [2.75, 3.05) is 7.11 Å².